The molecule has 2 aromatic carbocycles. The number of nitrogens with one attached hydrogen (secondary N) is 1. The third-order valence-corrected chi connectivity index (χ3v) is 5.90. The number of rotatable bonds is 6. The van der Waals surface area contributed by atoms with E-state index in [0.717, 1.165) is 11.3 Å². The van der Waals surface area contributed by atoms with Crippen molar-refractivity contribution in [2.75, 3.05) is 0 Å². The number of aromatic nitrogens is 3. The molecule has 0 radical (unpaired) electrons. The molecule has 0 aliphatic heterocycles. The van der Waals surface area contributed by atoms with Crippen LogP contribution in [0.1, 0.15) is 25.5 Å². The molecule has 0 bridgehead atoms. The highest BCUT2D eigenvalue weighted by Gasteiger charge is 2.21. The Morgan fingerprint density at radius 2 is 1.86 bits per heavy atom. The fraction of sp³-hybridized carbons (Fsp3) is 0.211. The summed E-state index contributed by atoms with van der Waals surface area (Å²) >= 11 is 19.5. The van der Waals surface area contributed by atoms with Crippen LogP contribution in [0.25, 0.3) is 5.69 Å². The summed E-state index contributed by atoms with van der Waals surface area (Å²) in [5.74, 6) is -0.135. The second-order valence-electron chi connectivity index (χ2n) is 6.12. The van der Waals surface area contributed by atoms with Gasteiger partial charge in [0.25, 0.3) is 0 Å². The van der Waals surface area contributed by atoms with Gasteiger partial charge < -0.3 is 5.32 Å². The maximum Gasteiger partial charge on any atom is 0.233 e. The van der Waals surface area contributed by atoms with E-state index in [1.54, 1.807) is 29.1 Å². The quantitative estimate of drug-likeness (QED) is 0.493. The molecular formula is C19H17Cl3N4OS. The molecule has 2 atom stereocenters. The minimum atomic E-state index is -0.393. The zero-order valence-electron chi connectivity index (χ0n) is 15.1. The van der Waals surface area contributed by atoms with Crippen LogP contribution in [0, 0.1) is 0 Å². The van der Waals surface area contributed by atoms with Crippen molar-refractivity contribution in [1.29, 1.82) is 0 Å². The molecule has 0 spiro atoms. The molecule has 2 unspecified atom stereocenters. The number of amides is 1. The van der Waals surface area contributed by atoms with Crippen LogP contribution in [0.15, 0.2) is 53.9 Å². The van der Waals surface area contributed by atoms with Crippen LogP contribution in [-0.2, 0) is 4.79 Å². The van der Waals surface area contributed by atoms with Gasteiger partial charge in [-0.15, -0.1) is 10.2 Å². The second-order valence-corrected chi connectivity index (χ2v) is 8.71. The Hall–Kier alpha value is -1.73. The highest BCUT2D eigenvalue weighted by atomic mass is 35.5. The Kier molecular flexibility index (Phi) is 6.88. The summed E-state index contributed by atoms with van der Waals surface area (Å²) in [6.45, 7) is 3.69. The van der Waals surface area contributed by atoms with E-state index in [0.29, 0.717) is 20.2 Å². The molecule has 0 fully saturated rings. The van der Waals surface area contributed by atoms with Crippen molar-refractivity contribution < 1.29 is 4.79 Å². The third kappa shape index (κ3) is 5.00. The molecule has 0 saturated carbocycles. The predicted octanol–water partition coefficient (Wildman–Crippen LogP) is 5.59. The van der Waals surface area contributed by atoms with E-state index < -0.39 is 5.25 Å². The van der Waals surface area contributed by atoms with Crippen LogP contribution in [0.3, 0.4) is 0 Å². The molecule has 1 aromatic heterocycles. The molecule has 1 heterocycles. The highest BCUT2D eigenvalue weighted by molar-refractivity contribution is 8.00. The molecule has 146 valence electrons. The summed E-state index contributed by atoms with van der Waals surface area (Å²) < 4.78 is 1.79. The number of nitrogens with zero attached hydrogens (tertiary/aromatic N) is 3. The average molecular weight is 456 g/mol. The Morgan fingerprint density at radius 3 is 2.57 bits per heavy atom. The fourth-order valence-electron chi connectivity index (χ4n) is 2.58. The number of carbonyl (C=O) groups excluding carboxylic acids is 1. The van der Waals surface area contributed by atoms with Crippen molar-refractivity contribution in [3.05, 3.63) is 69.4 Å². The SMILES string of the molecule is CC(Sc1nncn1-c1cccc(Cl)c1)C(=O)NC(C)c1ccc(Cl)cc1Cl. The van der Waals surface area contributed by atoms with Crippen LogP contribution in [-0.4, -0.2) is 25.9 Å². The number of thioether (sulfide) groups is 1. The number of hydrogen-bond acceptors (Lipinski definition) is 4. The van der Waals surface area contributed by atoms with Crippen LogP contribution >= 0.6 is 46.6 Å². The monoisotopic (exact) mass is 454 g/mol. The van der Waals surface area contributed by atoms with Crippen molar-refractivity contribution in [2.24, 2.45) is 0 Å². The number of carbonyl (C=O) groups is 1. The summed E-state index contributed by atoms with van der Waals surface area (Å²) in [5, 5.41) is 12.9. The standard InChI is InChI=1S/C19H17Cl3N4OS/c1-11(16-7-6-14(21)9-17(16)22)24-18(27)12(2)28-19-25-23-10-26(19)15-5-3-4-13(20)8-15/h3-12H,1-2H3,(H,24,27). The molecule has 9 heteroatoms. The van der Waals surface area contributed by atoms with E-state index >= 15 is 0 Å². The van der Waals surface area contributed by atoms with E-state index in [4.69, 9.17) is 34.8 Å². The van der Waals surface area contributed by atoms with Gasteiger partial charge >= 0.3 is 0 Å². The summed E-state index contributed by atoms with van der Waals surface area (Å²) in [6, 6.07) is 12.3. The fourth-order valence-corrected chi connectivity index (χ4v) is 4.19. The van der Waals surface area contributed by atoms with Crippen molar-refractivity contribution in [3.63, 3.8) is 0 Å². The van der Waals surface area contributed by atoms with E-state index in [-0.39, 0.29) is 11.9 Å². The van der Waals surface area contributed by atoms with Crippen LogP contribution < -0.4 is 5.32 Å². The Balaban J connectivity index is 1.69. The molecule has 0 aliphatic carbocycles. The lowest BCUT2D eigenvalue weighted by molar-refractivity contribution is -0.120. The topological polar surface area (TPSA) is 59.8 Å². The van der Waals surface area contributed by atoms with Crippen molar-refractivity contribution in [3.8, 4) is 5.69 Å². The molecule has 28 heavy (non-hydrogen) atoms. The molecule has 0 aliphatic rings. The zero-order valence-corrected chi connectivity index (χ0v) is 18.1. The first-order chi connectivity index (χ1) is 13.3. The summed E-state index contributed by atoms with van der Waals surface area (Å²) in [4.78, 5) is 12.7. The van der Waals surface area contributed by atoms with Gasteiger partial charge in [-0.1, -0.05) is 58.7 Å². The van der Waals surface area contributed by atoms with Crippen LogP contribution in [0.5, 0.6) is 0 Å². The number of halogens is 3. The lowest BCUT2D eigenvalue weighted by atomic mass is 10.1. The second kappa shape index (κ2) is 9.18. The lowest BCUT2D eigenvalue weighted by Crippen LogP contribution is -2.33. The molecule has 1 N–H and O–H groups in total. The van der Waals surface area contributed by atoms with Gasteiger partial charge in [-0.05, 0) is 49.7 Å². The molecule has 3 aromatic rings. The van der Waals surface area contributed by atoms with Gasteiger partial charge in [0.2, 0.25) is 5.91 Å². The molecular weight excluding hydrogens is 439 g/mol. The van der Waals surface area contributed by atoms with Crippen molar-refractivity contribution in [1.82, 2.24) is 20.1 Å². The molecule has 3 rings (SSSR count). The van der Waals surface area contributed by atoms with Gasteiger partial charge in [0.15, 0.2) is 5.16 Å². The lowest BCUT2D eigenvalue weighted by Gasteiger charge is -2.19. The first-order valence-corrected chi connectivity index (χ1v) is 10.4. The zero-order chi connectivity index (χ0) is 20.3. The average Bonchev–Trinajstić information content (AvgIpc) is 3.09. The van der Waals surface area contributed by atoms with Crippen LogP contribution in [0.2, 0.25) is 15.1 Å². The first kappa shape index (κ1) is 21.0. The van der Waals surface area contributed by atoms with Crippen LogP contribution in [0.4, 0.5) is 0 Å². The normalized spacial score (nSPS) is 13.2. The maximum atomic E-state index is 12.7. The smallest absolute Gasteiger partial charge is 0.233 e. The van der Waals surface area contributed by atoms with Gasteiger partial charge in [0, 0.05) is 15.1 Å². The molecule has 0 saturated heterocycles. The summed E-state index contributed by atoms with van der Waals surface area (Å²) in [5.41, 5.74) is 1.63. The highest BCUT2D eigenvalue weighted by Crippen LogP contribution is 2.28. The van der Waals surface area contributed by atoms with Gasteiger partial charge in [0.05, 0.1) is 17.0 Å². The Bertz CT molecular complexity index is 995. The van der Waals surface area contributed by atoms with Crippen molar-refractivity contribution >= 4 is 52.5 Å². The Morgan fingerprint density at radius 1 is 1.11 bits per heavy atom. The summed E-state index contributed by atoms with van der Waals surface area (Å²) in [7, 11) is 0. The largest absolute Gasteiger partial charge is 0.349 e. The van der Waals surface area contributed by atoms with Gasteiger partial charge in [-0.25, -0.2) is 0 Å². The predicted molar refractivity (Wildman–Crippen MR) is 115 cm³/mol. The van der Waals surface area contributed by atoms with Gasteiger partial charge in [-0.2, -0.15) is 0 Å². The Labute approximate surface area is 182 Å². The minimum absolute atomic E-state index is 0.135. The van der Waals surface area contributed by atoms with E-state index in [1.807, 2.05) is 38.1 Å². The van der Waals surface area contributed by atoms with E-state index in [1.165, 1.54) is 11.8 Å². The van der Waals surface area contributed by atoms with E-state index in [9.17, 15) is 4.79 Å². The van der Waals surface area contributed by atoms with E-state index in [2.05, 4.69) is 15.5 Å². The van der Waals surface area contributed by atoms with Crippen molar-refractivity contribution in [2.45, 2.75) is 30.3 Å². The van der Waals surface area contributed by atoms with Gasteiger partial charge in [-0.3, -0.25) is 9.36 Å². The minimum Gasteiger partial charge on any atom is -0.349 e. The van der Waals surface area contributed by atoms with Gasteiger partial charge in [0.1, 0.15) is 6.33 Å². The molecule has 5 nitrogen and oxygen atoms in total. The molecule has 1 amide bonds. The first-order valence-electron chi connectivity index (χ1n) is 8.43. The third-order valence-electron chi connectivity index (χ3n) is 4.04. The maximum absolute atomic E-state index is 12.7. The summed E-state index contributed by atoms with van der Waals surface area (Å²) in [6.07, 6.45) is 1.59. The number of hydrogen-bond donors (Lipinski definition) is 1. The number of benzene rings is 2.